The molecule has 2 aromatic carbocycles. The molecule has 5 heterocycles. The number of carboxylic acids is 1. The van der Waals surface area contributed by atoms with Crippen LogP contribution in [0.3, 0.4) is 0 Å². The molecule has 4 atom stereocenters. The van der Waals surface area contributed by atoms with Crippen LogP contribution < -0.4 is 9.47 Å². The van der Waals surface area contributed by atoms with Gasteiger partial charge in [-0.25, -0.2) is 9.78 Å². The Morgan fingerprint density at radius 3 is 2.68 bits per heavy atom. The number of para-hydroxylation sites is 1. The van der Waals surface area contributed by atoms with Crippen LogP contribution in [0.25, 0.3) is 11.0 Å². The van der Waals surface area contributed by atoms with E-state index in [1.165, 1.54) is 0 Å². The molecule has 4 aromatic rings. The fraction of sp³-hybridized carbons (Fsp3) is 0.387. The highest BCUT2D eigenvalue weighted by molar-refractivity contribution is 6.30. The molecule has 2 saturated heterocycles. The maximum atomic E-state index is 11.6. The maximum Gasteiger partial charge on any atom is 0.335 e. The van der Waals surface area contributed by atoms with Crippen LogP contribution in [-0.4, -0.2) is 51.0 Å². The Balaban J connectivity index is 1.07. The third-order valence-corrected chi connectivity index (χ3v) is 8.50. The molecule has 2 fully saturated rings. The fourth-order valence-corrected chi connectivity index (χ4v) is 6.04. The van der Waals surface area contributed by atoms with Crippen LogP contribution in [0, 0.1) is 0 Å². The summed E-state index contributed by atoms with van der Waals surface area (Å²) in [6.45, 7) is 3.82. The lowest BCUT2D eigenvalue weighted by Crippen LogP contribution is -2.33. The van der Waals surface area contributed by atoms with E-state index in [0.29, 0.717) is 36.0 Å². The van der Waals surface area contributed by atoms with E-state index in [4.69, 9.17) is 35.5 Å². The van der Waals surface area contributed by atoms with E-state index in [1.54, 1.807) is 30.5 Å². The molecule has 0 unspecified atom stereocenters. The van der Waals surface area contributed by atoms with Crippen molar-refractivity contribution in [3.05, 3.63) is 82.4 Å². The first kappa shape index (κ1) is 26.3. The van der Waals surface area contributed by atoms with Crippen molar-refractivity contribution in [1.29, 1.82) is 0 Å². The van der Waals surface area contributed by atoms with Gasteiger partial charge < -0.3 is 28.6 Å². The number of hydrogen-bond acceptors (Lipinski definition) is 7. The maximum absolute atomic E-state index is 11.6. The summed E-state index contributed by atoms with van der Waals surface area (Å²) >= 11 is 6.03. The topological polar surface area (TPSA) is 105 Å². The van der Waals surface area contributed by atoms with Crippen molar-refractivity contribution >= 4 is 28.6 Å². The molecule has 212 valence electrons. The number of halogens is 1. The van der Waals surface area contributed by atoms with Gasteiger partial charge in [0.2, 0.25) is 0 Å². The van der Waals surface area contributed by atoms with Gasteiger partial charge in [-0.1, -0.05) is 23.7 Å². The summed E-state index contributed by atoms with van der Waals surface area (Å²) in [5, 5.41) is 10.1. The van der Waals surface area contributed by atoms with Gasteiger partial charge in [0.15, 0.2) is 11.5 Å². The van der Waals surface area contributed by atoms with Gasteiger partial charge in [0.25, 0.3) is 5.79 Å². The number of hydrogen-bond donors (Lipinski definition) is 1. The quantitative estimate of drug-likeness (QED) is 0.298. The number of ether oxygens (including phenoxy) is 4. The third kappa shape index (κ3) is 4.92. The largest absolute Gasteiger partial charge is 0.478 e. The van der Waals surface area contributed by atoms with Gasteiger partial charge in [-0.05, 0) is 55.7 Å². The Kier molecular flexibility index (Phi) is 6.60. The molecule has 3 aliphatic heterocycles. The Hall–Kier alpha value is -3.66. The lowest BCUT2D eigenvalue weighted by atomic mass is 9.90. The number of benzene rings is 2. The first-order valence-corrected chi connectivity index (χ1v) is 14.3. The third-order valence-electron chi connectivity index (χ3n) is 8.28. The number of rotatable bonds is 7. The second-order valence-electron chi connectivity index (χ2n) is 11.0. The molecule has 0 amide bonds. The average molecular weight is 576 g/mol. The van der Waals surface area contributed by atoms with Gasteiger partial charge in [-0.2, -0.15) is 0 Å². The number of pyridine rings is 1. The monoisotopic (exact) mass is 575 g/mol. The van der Waals surface area contributed by atoms with Crippen LogP contribution in [0.2, 0.25) is 5.02 Å². The second-order valence-corrected chi connectivity index (χ2v) is 11.5. The summed E-state index contributed by atoms with van der Waals surface area (Å²) in [6, 6.07) is 14.7. The standard InChI is InChI=1S/C31H30ClN3O6/c1-31(27-10-7-20(32)15-33-27)40-26-4-2-3-23(29(26)41-31)19-5-8-21(39-17-19)14-28-34-24-9-6-18(30(36)37)13-25(24)35(28)16-22-11-12-38-22/h2-4,6-7,9-10,13,15,19,21-22H,5,8,11-12,14,16-17H2,1H3,(H,36,37)/t19-,21-,22-,31+/m0/s1. The highest BCUT2D eigenvalue weighted by Crippen LogP contribution is 2.49. The van der Waals surface area contributed by atoms with E-state index in [0.717, 1.165) is 54.0 Å². The van der Waals surface area contributed by atoms with Gasteiger partial charge in [0.1, 0.15) is 11.5 Å². The predicted octanol–water partition coefficient (Wildman–Crippen LogP) is 5.72. The van der Waals surface area contributed by atoms with Crippen LogP contribution in [-0.2, 0) is 28.2 Å². The number of imidazole rings is 1. The van der Waals surface area contributed by atoms with Crippen LogP contribution in [0.5, 0.6) is 11.5 Å². The van der Waals surface area contributed by atoms with Crippen LogP contribution in [0.15, 0.2) is 54.7 Å². The van der Waals surface area contributed by atoms with Crippen molar-refractivity contribution in [3.63, 3.8) is 0 Å². The molecule has 9 nitrogen and oxygen atoms in total. The average Bonchev–Trinajstić information content (AvgIpc) is 3.47. The zero-order chi connectivity index (χ0) is 28.1. The molecular formula is C31H30ClN3O6. The Labute approximate surface area is 242 Å². The fourth-order valence-electron chi connectivity index (χ4n) is 5.93. The van der Waals surface area contributed by atoms with Gasteiger partial charge in [-0.3, -0.25) is 4.98 Å². The second kappa shape index (κ2) is 10.3. The number of fused-ring (bicyclic) bond motifs is 2. The zero-order valence-electron chi connectivity index (χ0n) is 22.6. The van der Waals surface area contributed by atoms with Crippen molar-refractivity contribution in [2.45, 2.75) is 63.1 Å². The molecule has 0 saturated carbocycles. The van der Waals surface area contributed by atoms with Gasteiger partial charge in [-0.15, -0.1) is 0 Å². The summed E-state index contributed by atoms with van der Waals surface area (Å²) in [5.74, 6) is 0.488. The minimum atomic E-state index is -1.04. The van der Waals surface area contributed by atoms with Gasteiger partial charge in [0, 0.05) is 37.6 Å². The molecule has 0 aliphatic carbocycles. The first-order valence-electron chi connectivity index (χ1n) is 13.9. The first-order chi connectivity index (χ1) is 19.9. The van der Waals surface area contributed by atoms with E-state index < -0.39 is 11.8 Å². The number of aromatic nitrogens is 3. The van der Waals surface area contributed by atoms with E-state index >= 15 is 0 Å². The molecule has 41 heavy (non-hydrogen) atoms. The van der Waals surface area contributed by atoms with Crippen LogP contribution in [0.4, 0.5) is 0 Å². The highest BCUT2D eigenvalue weighted by atomic mass is 35.5. The number of carbonyl (C=O) groups is 1. The van der Waals surface area contributed by atoms with Crippen LogP contribution in [0.1, 0.15) is 59.5 Å². The molecule has 3 aliphatic rings. The summed E-state index contributed by atoms with van der Waals surface area (Å²) < 4.78 is 26.9. The minimum Gasteiger partial charge on any atom is -0.478 e. The summed E-state index contributed by atoms with van der Waals surface area (Å²) in [6.07, 6.45) is 5.12. The Morgan fingerprint density at radius 1 is 1.10 bits per heavy atom. The zero-order valence-corrected chi connectivity index (χ0v) is 23.3. The van der Waals surface area contributed by atoms with Crippen molar-refractivity contribution in [2.75, 3.05) is 13.2 Å². The normalized spacial score (nSPS) is 25.3. The Bertz CT molecular complexity index is 1610. The summed E-state index contributed by atoms with van der Waals surface area (Å²) in [5.41, 5.74) is 3.57. The molecule has 10 heteroatoms. The molecular weight excluding hydrogens is 546 g/mol. The lowest BCUT2D eigenvalue weighted by molar-refractivity contribution is -0.0726. The van der Waals surface area contributed by atoms with E-state index in [9.17, 15) is 9.90 Å². The van der Waals surface area contributed by atoms with Crippen molar-refractivity contribution in [1.82, 2.24) is 14.5 Å². The van der Waals surface area contributed by atoms with Crippen LogP contribution >= 0.6 is 11.6 Å². The number of nitrogens with zero attached hydrogens (tertiary/aromatic N) is 3. The van der Waals surface area contributed by atoms with E-state index in [-0.39, 0.29) is 23.7 Å². The number of aromatic carboxylic acids is 1. The lowest BCUT2D eigenvalue weighted by Gasteiger charge is -2.31. The highest BCUT2D eigenvalue weighted by Gasteiger charge is 2.42. The molecule has 7 rings (SSSR count). The van der Waals surface area contributed by atoms with Gasteiger partial charge in [0.05, 0.1) is 47.0 Å². The Morgan fingerprint density at radius 2 is 1.98 bits per heavy atom. The van der Waals surface area contributed by atoms with Crippen molar-refractivity contribution in [2.24, 2.45) is 0 Å². The van der Waals surface area contributed by atoms with E-state index in [2.05, 4.69) is 15.6 Å². The van der Waals surface area contributed by atoms with Crippen molar-refractivity contribution in [3.8, 4) is 11.5 Å². The predicted molar refractivity (Wildman–Crippen MR) is 151 cm³/mol. The minimum absolute atomic E-state index is 0.000488. The molecule has 1 N–H and O–H groups in total. The molecule has 0 bridgehead atoms. The van der Waals surface area contributed by atoms with Crippen molar-refractivity contribution < 1.29 is 28.8 Å². The smallest absolute Gasteiger partial charge is 0.335 e. The summed E-state index contributed by atoms with van der Waals surface area (Å²) in [4.78, 5) is 20.9. The van der Waals surface area contributed by atoms with E-state index in [1.807, 2.05) is 25.1 Å². The SMILES string of the molecule is C[C@@]1(c2ccc(Cl)cn2)Oc2cccc([C@H]3CC[C@@H](Cc4nc5ccc(C(=O)O)cc5n4C[C@@H]4CCO4)OC3)c2O1. The molecule has 2 aromatic heterocycles. The molecule has 0 spiro atoms. The number of carboxylic acid groups (broad SMARTS) is 1. The van der Waals surface area contributed by atoms with Gasteiger partial charge >= 0.3 is 5.97 Å². The molecule has 0 radical (unpaired) electrons. The summed E-state index contributed by atoms with van der Waals surface area (Å²) in [7, 11) is 0.